The molecule has 7 heteroatoms. The maximum atomic E-state index is 13.1. The molecule has 0 aliphatic carbocycles. The summed E-state index contributed by atoms with van der Waals surface area (Å²) in [5.41, 5.74) is 0.179. The first kappa shape index (κ1) is 14.7. The van der Waals surface area contributed by atoms with Gasteiger partial charge in [-0.2, -0.15) is 0 Å². The predicted molar refractivity (Wildman–Crippen MR) is 77.7 cm³/mol. The van der Waals surface area contributed by atoms with Crippen molar-refractivity contribution < 1.29 is 18.7 Å². The Balaban J connectivity index is 2.17. The lowest BCUT2D eigenvalue weighted by Crippen LogP contribution is -2.11. The zero-order valence-corrected chi connectivity index (χ0v) is 12.7. The van der Waals surface area contributed by atoms with E-state index in [1.54, 1.807) is 12.1 Å². The Hall–Kier alpha value is -1.73. The Kier molecular flexibility index (Phi) is 4.51. The zero-order chi connectivity index (χ0) is 14.7. The maximum absolute atomic E-state index is 13.1. The third kappa shape index (κ3) is 3.23. The topological polar surface area (TPSA) is 55.4 Å². The summed E-state index contributed by atoms with van der Waals surface area (Å²) in [6.45, 7) is 0. The molecule has 0 aliphatic rings. The van der Waals surface area contributed by atoms with E-state index >= 15 is 0 Å². The molecule has 1 heterocycles. The van der Waals surface area contributed by atoms with Gasteiger partial charge in [0.1, 0.15) is 10.7 Å². The smallest absolute Gasteiger partial charge is 0.348 e. The van der Waals surface area contributed by atoms with E-state index in [0.717, 1.165) is 17.4 Å². The normalized spacial score (nSPS) is 10.2. The second-order valence-electron chi connectivity index (χ2n) is 3.73. The second-order valence-corrected chi connectivity index (χ2v) is 5.67. The van der Waals surface area contributed by atoms with Crippen LogP contribution in [0, 0.1) is 5.82 Å². The molecule has 0 unspecified atom stereocenters. The van der Waals surface area contributed by atoms with Crippen molar-refractivity contribution in [2.45, 2.75) is 0 Å². The number of hydrogen-bond donors (Lipinski definition) is 1. The number of nitrogens with one attached hydrogen (secondary N) is 1. The molecule has 1 aromatic carbocycles. The zero-order valence-electron chi connectivity index (χ0n) is 10.3. The minimum Gasteiger partial charge on any atom is -0.465 e. The lowest BCUT2D eigenvalue weighted by molar-refractivity contribution is 0.0606. The Morgan fingerprint density at radius 3 is 2.75 bits per heavy atom. The molecule has 1 N–H and O–H groups in total. The van der Waals surface area contributed by atoms with E-state index in [1.165, 1.54) is 19.2 Å². The Labute approximate surface area is 126 Å². The van der Waals surface area contributed by atoms with Crippen LogP contribution < -0.4 is 5.32 Å². The molecule has 2 rings (SSSR count). The van der Waals surface area contributed by atoms with Crippen LogP contribution in [0.3, 0.4) is 0 Å². The van der Waals surface area contributed by atoms with E-state index in [1.807, 2.05) is 0 Å². The monoisotopic (exact) mass is 357 g/mol. The molecule has 1 amide bonds. The van der Waals surface area contributed by atoms with Crippen molar-refractivity contribution in [2.24, 2.45) is 0 Å². The fourth-order valence-electron chi connectivity index (χ4n) is 1.47. The molecule has 0 bridgehead atoms. The quantitative estimate of drug-likeness (QED) is 0.852. The van der Waals surface area contributed by atoms with Crippen molar-refractivity contribution in [3.8, 4) is 0 Å². The molecular weight excluding hydrogens is 349 g/mol. The number of anilines is 1. The van der Waals surface area contributed by atoms with Crippen molar-refractivity contribution in [2.75, 3.05) is 12.4 Å². The van der Waals surface area contributed by atoms with E-state index in [4.69, 9.17) is 0 Å². The summed E-state index contributed by atoms with van der Waals surface area (Å²) in [5.74, 6) is -1.43. The number of amides is 1. The summed E-state index contributed by atoms with van der Waals surface area (Å²) < 4.78 is 18.2. The number of hydrogen-bond acceptors (Lipinski definition) is 4. The van der Waals surface area contributed by atoms with Gasteiger partial charge in [-0.15, -0.1) is 11.3 Å². The number of esters is 1. The van der Waals surface area contributed by atoms with Crippen LogP contribution in [0.1, 0.15) is 20.0 Å². The SMILES string of the molecule is COC(=O)c1ccc(NC(=O)c2cc(F)ccc2Br)s1. The van der Waals surface area contributed by atoms with Crippen LogP contribution in [0.25, 0.3) is 0 Å². The molecule has 1 aromatic heterocycles. The van der Waals surface area contributed by atoms with E-state index in [2.05, 4.69) is 26.0 Å². The number of carbonyl (C=O) groups is 2. The number of rotatable bonds is 3. The highest BCUT2D eigenvalue weighted by atomic mass is 79.9. The highest BCUT2D eigenvalue weighted by molar-refractivity contribution is 9.10. The van der Waals surface area contributed by atoms with E-state index < -0.39 is 17.7 Å². The minimum atomic E-state index is -0.500. The van der Waals surface area contributed by atoms with Crippen molar-refractivity contribution >= 4 is 44.1 Å². The molecule has 0 atom stereocenters. The fourth-order valence-corrected chi connectivity index (χ4v) is 2.71. The Morgan fingerprint density at radius 2 is 2.05 bits per heavy atom. The van der Waals surface area contributed by atoms with Crippen LogP contribution in [-0.4, -0.2) is 19.0 Å². The summed E-state index contributed by atoms with van der Waals surface area (Å²) >= 11 is 4.27. The molecule has 104 valence electrons. The van der Waals surface area contributed by atoms with Gasteiger partial charge in [-0.1, -0.05) is 0 Å². The number of methoxy groups -OCH3 is 1. The van der Waals surface area contributed by atoms with Gasteiger partial charge in [-0.05, 0) is 46.3 Å². The van der Waals surface area contributed by atoms with Crippen LogP contribution in [0.4, 0.5) is 9.39 Å². The minimum absolute atomic E-state index is 0.179. The molecule has 0 saturated heterocycles. The predicted octanol–water partition coefficient (Wildman–Crippen LogP) is 3.69. The highest BCUT2D eigenvalue weighted by Crippen LogP contribution is 2.25. The molecule has 0 saturated carbocycles. The average molecular weight is 358 g/mol. The van der Waals surface area contributed by atoms with Crippen LogP contribution in [0.5, 0.6) is 0 Å². The van der Waals surface area contributed by atoms with Gasteiger partial charge in [-0.25, -0.2) is 9.18 Å². The lowest BCUT2D eigenvalue weighted by Gasteiger charge is -2.04. The summed E-state index contributed by atoms with van der Waals surface area (Å²) in [6.07, 6.45) is 0. The van der Waals surface area contributed by atoms with Crippen molar-refractivity contribution in [3.63, 3.8) is 0 Å². The van der Waals surface area contributed by atoms with Gasteiger partial charge in [0.15, 0.2) is 0 Å². The molecule has 0 fully saturated rings. The molecule has 20 heavy (non-hydrogen) atoms. The first-order valence-corrected chi connectivity index (χ1v) is 7.07. The van der Waals surface area contributed by atoms with E-state index in [0.29, 0.717) is 14.4 Å². The Bertz CT molecular complexity index is 671. The van der Waals surface area contributed by atoms with Crippen LogP contribution >= 0.6 is 27.3 Å². The molecule has 0 radical (unpaired) electrons. The summed E-state index contributed by atoms with van der Waals surface area (Å²) in [4.78, 5) is 23.7. The molecule has 4 nitrogen and oxygen atoms in total. The van der Waals surface area contributed by atoms with Gasteiger partial charge >= 0.3 is 5.97 Å². The molecule has 0 spiro atoms. The second kappa shape index (κ2) is 6.15. The average Bonchev–Trinajstić information content (AvgIpc) is 2.89. The largest absolute Gasteiger partial charge is 0.465 e. The van der Waals surface area contributed by atoms with Crippen molar-refractivity contribution in [3.05, 3.63) is 51.1 Å². The molecular formula is C13H9BrFNO3S. The van der Waals surface area contributed by atoms with Gasteiger partial charge < -0.3 is 10.1 Å². The van der Waals surface area contributed by atoms with Gasteiger partial charge in [0, 0.05) is 4.47 Å². The summed E-state index contributed by atoms with van der Waals surface area (Å²) in [6, 6.07) is 6.98. The third-order valence-electron chi connectivity index (χ3n) is 2.40. The fraction of sp³-hybridized carbons (Fsp3) is 0.0769. The summed E-state index contributed by atoms with van der Waals surface area (Å²) in [5, 5.41) is 3.08. The van der Waals surface area contributed by atoms with Gasteiger partial charge in [-0.3, -0.25) is 4.79 Å². The Morgan fingerprint density at radius 1 is 1.30 bits per heavy atom. The van der Waals surface area contributed by atoms with Crippen LogP contribution in [0.15, 0.2) is 34.8 Å². The van der Waals surface area contributed by atoms with Gasteiger partial charge in [0.05, 0.1) is 17.7 Å². The standard InChI is InChI=1S/C13H9BrFNO3S/c1-19-13(18)10-4-5-11(20-10)16-12(17)8-6-7(15)2-3-9(8)14/h2-6H,1H3,(H,16,17). The van der Waals surface area contributed by atoms with E-state index in [-0.39, 0.29) is 5.56 Å². The molecule has 2 aromatic rings. The highest BCUT2D eigenvalue weighted by Gasteiger charge is 2.14. The van der Waals surface area contributed by atoms with Crippen molar-refractivity contribution in [1.29, 1.82) is 0 Å². The number of carbonyl (C=O) groups excluding carboxylic acids is 2. The van der Waals surface area contributed by atoms with Crippen LogP contribution in [0.2, 0.25) is 0 Å². The first-order valence-electron chi connectivity index (χ1n) is 5.46. The van der Waals surface area contributed by atoms with E-state index in [9.17, 15) is 14.0 Å². The first-order chi connectivity index (χ1) is 9.51. The summed E-state index contributed by atoms with van der Waals surface area (Å²) in [7, 11) is 1.28. The van der Waals surface area contributed by atoms with Gasteiger partial charge in [0.2, 0.25) is 0 Å². The number of halogens is 2. The molecule has 0 aliphatic heterocycles. The lowest BCUT2D eigenvalue weighted by atomic mass is 10.2. The number of benzene rings is 1. The van der Waals surface area contributed by atoms with Crippen LogP contribution in [-0.2, 0) is 4.74 Å². The maximum Gasteiger partial charge on any atom is 0.348 e. The van der Waals surface area contributed by atoms with Crippen molar-refractivity contribution in [1.82, 2.24) is 0 Å². The number of thiophene rings is 1. The number of ether oxygens (including phenoxy) is 1. The third-order valence-corrected chi connectivity index (χ3v) is 4.07. The van der Waals surface area contributed by atoms with Gasteiger partial charge in [0.25, 0.3) is 5.91 Å².